The summed E-state index contributed by atoms with van der Waals surface area (Å²) in [5.41, 5.74) is 7.81. The summed E-state index contributed by atoms with van der Waals surface area (Å²) in [4.78, 5) is 5.06. The molecule has 2 fully saturated rings. The van der Waals surface area contributed by atoms with Crippen LogP contribution in [0, 0.1) is 0 Å². The normalized spacial score (nSPS) is 25.1. The summed E-state index contributed by atoms with van der Waals surface area (Å²) in [7, 11) is 0. The minimum atomic E-state index is 0.676. The van der Waals surface area contributed by atoms with Crippen LogP contribution in [0.1, 0.15) is 12.0 Å². The molecule has 5 heteroatoms. The van der Waals surface area contributed by atoms with Gasteiger partial charge in [-0.05, 0) is 30.2 Å². The molecule has 20 heavy (non-hydrogen) atoms. The van der Waals surface area contributed by atoms with Gasteiger partial charge in [0.25, 0.3) is 0 Å². The number of rotatable bonds is 3. The molecule has 2 aliphatic heterocycles. The second-order valence-electron chi connectivity index (χ2n) is 5.72. The Balaban J connectivity index is 1.57. The van der Waals surface area contributed by atoms with E-state index in [9.17, 15) is 0 Å². The van der Waals surface area contributed by atoms with Gasteiger partial charge >= 0.3 is 0 Å². The lowest BCUT2D eigenvalue weighted by Gasteiger charge is -2.32. The molecule has 0 aliphatic carbocycles. The van der Waals surface area contributed by atoms with Crippen LogP contribution in [0.4, 0.5) is 5.69 Å². The number of hydrogen-bond donors (Lipinski definition) is 1. The van der Waals surface area contributed by atoms with Gasteiger partial charge in [0.15, 0.2) is 0 Å². The van der Waals surface area contributed by atoms with Crippen molar-refractivity contribution in [2.45, 2.75) is 19.0 Å². The van der Waals surface area contributed by atoms with E-state index in [4.69, 9.17) is 22.1 Å². The van der Waals surface area contributed by atoms with Gasteiger partial charge in [-0.1, -0.05) is 11.6 Å². The molecule has 3 rings (SSSR count). The van der Waals surface area contributed by atoms with Crippen molar-refractivity contribution in [3.8, 4) is 0 Å². The molecule has 1 atom stereocenters. The maximum atomic E-state index is 6.07. The minimum Gasteiger partial charge on any atom is -0.399 e. The SMILES string of the molecule is Nc1cc(Cl)cc(CN2CCC(N3CCOCC3)C2)c1. The molecule has 1 aromatic carbocycles. The van der Waals surface area contributed by atoms with E-state index in [0.717, 1.165) is 56.6 Å². The number of halogens is 1. The molecule has 2 saturated heterocycles. The summed E-state index contributed by atoms with van der Waals surface area (Å²) in [5, 5.41) is 0.726. The van der Waals surface area contributed by atoms with E-state index in [-0.39, 0.29) is 0 Å². The molecule has 2 aliphatic rings. The Hall–Kier alpha value is -0.810. The highest BCUT2D eigenvalue weighted by Gasteiger charge is 2.28. The van der Waals surface area contributed by atoms with Crippen LogP contribution in [-0.4, -0.2) is 55.2 Å². The average Bonchev–Trinajstić information content (AvgIpc) is 2.87. The highest BCUT2D eigenvalue weighted by atomic mass is 35.5. The lowest BCUT2D eigenvalue weighted by molar-refractivity contribution is 0.0184. The fraction of sp³-hybridized carbons (Fsp3) is 0.600. The average molecular weight is 296 g/mol. The fourth-order valence-corrected chi connectivity index (χ4v) is 3.49. The minimum absolute atomic E-state index is 0.676. The zero-order chi connectivity index (χ0) is 13.9. The number of likely N-dealkylation sites (tertiary alicyclic amines) is 1. The van der Waals surface area contributed by atoms with Crippen molar-refractivity contribution in [3.05, 3.63) is 28.8 Å². The molecule has 110 valence electrons. The molecule has 4 nitrogen and oxygen atoms in total. The van der Waals surface area contributed by atoms with E-state index in [1.54, 1.807) is 6.07 Å². The first-order valence-corrected chi connectivity index (χ1v) is 7.67. The Bertz CT molecular complexity index is 442. The maximum absolute atomic E-state index is 6.07. The molecule has 0 bridgehead atoms. The van der Waals surface area contributed by atoms with Crippen molar-refractivity contribution in [2.75, 3.05) is 45.1 Å². The van der Waals surface area contributed by atoms with Crippen molar-refractivity contribution in [3.63, 3.8) is 0 Å². The van der Waals surface area contributed by atoms with Gasteiger partial charge in [0.1, 0.15) is 0 Å². The summed E-state index contributed by atoms with van der Waals surface area (Å²) in [5.74, 6) is 0. The van der Waals surface area contributed by atoms with Crippen LogP contribution in [0.2, 0.25) is 5.02 Å². The van der Waals surface area contributed by atoms with Crippen molar-refractivity contribution in [1.29, 1.82) is 0 Å². The molecule has 1 aromatic rings. The van der Waals surface area contributed by atoms with Crippen LogP contribution in [0.15, 0.2) is 18.2 Å². The highest BCUT2D eigenvalue weighted by molar-refractivity contribution is 6.30. The van der Waals surface area contributed by atoms with E-state index < -0.39 is 0 Å². The first-order valence-electron chi connectivity index (χ1n) is 7.30. The van der Waals surface area contributed by atoms with E-state index in [2.05, 4.69) is 9.80 Å². The molecule has 0 saturated carbocycles. The van der Waals surface area contributed by atoms with Gasteiger partial charge in [0.2, 0.25) is 0 Å². The Morgan fingerprint density at radius 2 is 2.00 bits per heavy atom. The molecule has 0 radical (unpaired) electrons. The molecule has 0 spiro atoms. The zero-order valence-corrected chi connectivity index (χ0v) is 12.5. The second-order valence-corrected chi connectivity index (χ2v) is 6.16. The number of benzene rings is 1. The van der Waals surface area contributed by atoms with Crippen molar-refractivity contribution < 1.29 is 4.74 Å². The van der Waals surface area contributed by atoms with Crippen LogP contribution in [0.25, 0.3) is 0 Å². The monoisotopic (exact) mass is 295 g/mol. The molecule has 2 N–H and O–H groups in total. The van der Waals surface area contributed by atoms with Gasteiger partial charge in [-0.3, -0.25) is 9.80 Å². The summed E-state index contributed by atoms with van der Waals surface area (Å²) in [6, 6.07) is 6.51. The molecule has 1 unspecified atom stereocenters. The zero-order valence-electron chi connectivity index (χ0n) is 11.7. The quantitative estimate of drug-likeness (QED) is 0.864. The number of morpholine rings is 1. The summed E-state index contributed by atoms with van der Waals surface area (Å²) < 4.78 is 5.42. The van der Waals surface area contributed by atoms with Crippen molar-refractivity contribution in [1.82, 2.24) is 9.80 Å². The summed E-state index contributed by atoms with van der Waals surface area (Å²) >= 11 is 6.07. The van der Waals surface area contributed by atoms with Gasteiger partial charge in [-0.25, -0.2) is 0 Å². The van der Waals surface area contributed by atoms with Gasteiger partial charge in [0, 0.05) is 49.5 Å². The largest absolute Gasteiger partial charge is 0.399 e. The molecular weight excluding hydrogens is 274 g/mol. The van der Waals surface area contributed by atoms with E-state index in [1.807, 2.05) is 12.1 Å². The Kier molecular flexibility index (Phi) is 4.46. The predicted molar refractivity (Wildman–Crippen MR) is 81.9 cm³/mol. The van der Waals surface area contributed by atoms with Gasteiger partial charge in [-0.2, -0.15) is 0 Å². The number of anilines is 1. The van der Waals surface area contributed by atoms with Crippen LogP contribution >= 0.6 is 11.6 Å². The smallest absolute Gasteiger partial charge is 0.0594 e. The first kappa shape index (κ1) is 14.1. The van der Waals surface area contributed by atoms with Crippen LogP contribution < -0.4 is 5.73 Å². The standard InChI is InChI=1S/C15H22ClN3O/c16-13-7-12(8-14(17)9-13)10-18-2-1-15(11-18)19-3-5-20-6-4-19/h7-9,15H,1-6,10-11,17H2. The van der Waals surface area contributed by atoms with Gasteiger partial charge in [-0.15, -0.1) is 0 Å². The topological polar surface area (TPSA) is 41.7 Å². The Morgan fingerprint density at radius 1 is 1.20 bits per heavy atom. The third kappa shape index (κ3) is 3.44. The van der Waals surface area contributed by atoms with Crippen LogP contribution in [-0.2, 0) is 11.3 Å². The third-order valence-corrected chi connectivity index (χ3v) is 4.41. The first-order chi connectivity index (χ1) is 9.70. The molecular formula is C15H22ClN3O. The number of ether oxygens (including phenoxy) is 1. The highest BCUT2D eigenvalue weighted by Crippen LogP contribution is 2.22. The summed E-state index contributed by atoms with van der Waals surface area (Å²) in [6.07, 6.45) is 1.25. The van der Waals surface area contributed by atoms with E-state index in [0.29, 0.717) is 6.04 Å². The van der Waals surface area contributed by atoms with Crippen molar-refractivity contribution in [2.24, 2.45) is 0 Å². The fourth-order valence-electron chi connectivity index (χ4n) is 3.22. The molecule has 0 amide bonds. The summed E-state index contributed by atoms with van der Waals surface area (Å²) in [6.45, 7) is 7.11. The molecule has 2 heterocycles. The van der Waals surface area contributed by atoms with E-state index in [1.165, 1.54) is 12.0 Å². The Morgan fingerprint density at radius 3 is 2.75 bits per heavy atom. The number of nitrogens with zero attached hydrogens (tertiary/aromatic N) is 2. The second kappa shape index (κ2) is 6.31. The van der Waals surface area contributed by atoms with Gasteiger partial charge in [0.05, 0.1) is 13.2 Å². The number of hydrogen-bond acceptors (Lipinski definition) is 4. The predicted octanol–water partition coefficient (Wildman–Crippen LogP) is 1.83. The van der Waals surface area contributed by atoms with Crippen LogP contribution in [0.5, 0.6) is 0 Å². The van der Waals surface area contributed by atoms with Crippen molar-refractivity contribution >= 4 is 17.3 Å². The number of nitrogen functional groups attached to an aromatic ring is 1. The van der Waals surface area contributed by atoms with Crippen LogP contribution in [0.3, 0.4) is 0 Å². The lowest BCUT2D eigenvalue weighted by Crippen LogP contribution is -2.44. The lowest BCUT2D eigenvalue weighted by atomic mass is 10.2. The van der Waals surface area contributed by atoms with E-state index >= 15 is 0 Å². The third-order valence-electron chi connectivity index (χ3n) is 4.20. The molecule has 0 aromatic heterocycles. The maximum Gasteiger partial charge on any atom is 0.0594 e. The Labute approximate surface area is 125 Å². The number of nitrogens with two attached hydrogens (primary N) is 1. The van der Waals surface area contributed by atoms with Gasteiger partial charge < -0.3 is 10.5 Å².